The molecule has 0 aliphatic heterocycles. The molecule has 108 valence electrons. The molecule has 0 radical (unpaired) electrons. The third-order valence-corrected chi connectivity index (χ3v) is 3.91. The van der Waals surface area contributed by atoms with Crippen LogP contribution in [0.3, 0.4) is 0 Å². The van der Waals surface area contributed by atoms with Crippen molar-refractivity contribution in [2.24, 2.45) is 0 Å². The maximum Gasteiger partial charge on any atom is 0.187 e. The molecule has 3 heteroatoms. The Labute approximate surface area is 137 Å². The standard InChI is InChI=1S/C19H14BrNO/c20-15-8-10-16(11-9-15)21-13-12-19(22)18-7-3-5-14-4-1-2-6-17(14)18/h1-13,21H/b13-12+. The van der Waals surface area contributed by atoms with E-state index in [1.807, 2.05) is 66.7 Å². The number of carbonyl (C=O) groups excluding carboxylic acids is 1. The van der Waals surface area contributed by atoms with Crippen LogP contribution in [0.4, 0.5) is 5.69 Å². The summed E-state index contributed by atoms with van der Waals surface area (Å²) in [5, 5.41) is 5.15. The Morgan fingerprint density at radius 2 is 1.64 bits per heavy atom. The number of rotatable bonds is 4. The minimum atomic E-state index is -0.0126. The molecule has 0 fully saturated rings. The van der Waals surface area contributed by atoms with Crippen molar-refractivity contribution in [3.05, 3.63) is 89.0 Å². The van der Waals surface area contributed by atoms with Crippen LogP contribution in [-0.2, 0) is 0 Å². The molecule has 0 amide bonds. The highest BCUT2D eigenvalue weighted by Crippen LogP contribution is 2.19. The zero-order valence-electron chi connectivity index (χ0n) is 11.8. The fourth-order valence-electron chi connectivity index (χ4n) is 2.29. The summed E-state index contributed by atoms with van der Waals surface area (Å²) in [4.78, 5) is 12.4. The van der Waals surface area contributed by atoms with Crippen LogP contribution in [0.2, 0.25) is 0 Å². The van der Waals surface area contributed by atoms with Crippen LogP contribution in [0.15, 0.2) is 83.5 Å². The first-order valence-electron chi connectivity index (χ1n) is 6.95. The molecule has 0 saturated heterocycles. The van der Waals surface area contributed by atoms with E-state index in [2.05, 4.69) is 21.2 Å². The Hall–Kier alpha value is -2.39. The number of carbonyl (C=O) groups is 1. The van der Waals surface area contributed by atoms with Crippen LogP contribution in [-0.4, -0.2) is 5.78 Å². The highest BCUT2D eigenvalue weighted by molar-refractivity contribution is 9.10. The van der Waals surface area contributed by atoms with E-state index in [1.165, 1.54) is 0 Å². The third-order valence-electron chi connectivity index (χ3n) is 3.38. The Kier molecular flexibility index (Phi) is 4.35. The lowest BCUT2D eigenvalue weighted by molar-refractivity contribution is 0.104. The van der Waals surface area contributed by atoms with E-state index in [9.17, 15) is 4.79 Å². The summed E-state index contributed by atoms with van der Waals surface area (Å²) >= 11 is 3.39. The molecule has 0 saturated carbocycles. The average molecular weight is 352 g/mol. The monoisotopic (exact) mass is 351 g/mol. The van der Waals surface area contributed by atoms with Gasteiger partial charge < -0.3 is 5.32 Å². The van der Waals surface area contributed by atoms with Gasteiger partial charge in [0, 0.05) is 28.0 Å². The number of fused-ring (bicyclic) bond motifs is 1. The summed E-state index contributed by atoms with van der Waals surface area (Å²) in [6.45, 7) is 0. The van der Waals surface area contributed by atoms with Crippen LogP contribution >= 0.6 is 15.9 Å². The highest BCUT2D eigenvalue weighted by Gasteiger charge is 2.06. The second kappa shape index (κ2) is 6.58. The number of anilines is 1. The highest BCUT2D eigenvalue weighted by atomic mass is 79.9. The van der Waals surface area contributed by atoms with Crippen LogP contribution in [0, 0.1) is 0 Å². The van der Waals surface area contributed by atoms with Gasteiger partial charge in [0.15, 0.2) is 5.78 Å². The summed E-state index contributed by atoms with van der Waals surface area (Å²) in [7, 11) is 0. The second-order valence-electron chi connectivity index (χ2n) is 4.88. The second-order valence-corrected chi connectivity index (χ2v) is 5.79. The third kappa shape index (κ3) is 3.26. The van der Waals surface area contributed by atoms with Crippen molar-refractivity contribution < 1.29 is 4.79 Å². The van der Waals surface area contributed by atoms with Gasteiger partial charge in [-0.15, -0.1) is 0 Å². The van der Waals surface area contributed by atoms with Gasteiger partial charge in [0.2, 0.25) is 0 Å². The molecular weight excluding hydrogens is 338 g/mol. The van der Waals surface area contributed by atoms with Crippen LogP contribution in [0.5, 0.6) is 0 Å². The summed E-state index contributed by atoms with van der Waals surface area (Å²) in [5.74, 6) is -0.0126. The van der Waals surface area contributed by atoms with Gasteiger partial charge in [-0.1, -0.05) is 58.4 Å². The molecule has 0 aliphatic carbocycles. The first kappa shape index (κ1) is 14.5. The number of allylic oxidation sites excluding steroid dienone is 1. The van der Waals surface area contributed by atoms with E-state index in [-0.39, 0.29) is 5.78 Å². The lowest BCUT2D eigenvalue weighted by Gasteiger charge is -2.03. The predicted molar refractivity (Wildman–Crippen MR) is 95.2 cm³/mol. The van der Waals surface area contributed by atoms with Crippen LogP contribution in [0.25, 0.3) is 10.8 Å². The molecule has 0 unspecified atom stereocenters. The minimum absolute atomic E-state index is 0.0126. The molecule has 22 heavy (non-hydrogen) atoms. The Bertz CT molecular complexity index is 832. The number of nitrogens with one attached hydrogen (secondary N) is 1. The van der Waals surface area contributed by atoms with E-state index in [0.717, 1.165) is 20.9 Å². The number of hydrogen-bond acceptors (Lipinski definition) is 2. The molecular formula is C19H14BrNO. The van der Waals surface area contributed by atoms with Crippen LogP contribution < -0.4 is 5.32 Å². The summed E-state index contributed by atoms with van der Waals surface area (Å²) in [6, 6.07) is 21.5. The van der Waals surface area contributed by atoms with E-state index in [4.69, 9.17) is 0 Å². The molecule has 0 bridgehead atoms. The van der Waals surface area contributed by atoms with Gasteiger partial charge in [-0.05, 0) is 35.0 Å². The number of halogens is 1. The van der Waals surface area contributed by atoms with Gasteiger partial charge in [-0.3, -0.25) is 4.79 Å². The lowest BCUT2D eigenvalue weighted by atomic mass is 10.0. The molecule has 2 nitrogen and oxygen atoms in total. The topological polar surface area (TPSA) is 29.1 Å². The van der Waals surface area contributed by atoms with Gasteiger partial charge >= 0.3 is 0 Å². The molecule has 0 heterocycles. The first-order valence-corrected chi connectivity index (χ1v) is 7.74. The maximum absolute atomic E-state index is 12.4. The van der Waals surface area contributed by atoms with Gasteiger partial charge in [0.05, 0.1) is 0 Å². The predicted octanol–water partition coefficient (Wildman–Crippen LogP) is 5.41. The summed E-state index contributed by atoms with van der Waals surface area (Å²) in [5.41, 5.74) is 1.65. The molecule has 1 N–H and O–H groups in total. The minimum Gasteiger partial charge on any atom is -0.362 e. The Morgan fingerprint density at radius 3 is 2.45 bits per heavy atom. The normalized spacial score (nSPS) is 11.0. The fourth-order valence-corrected chi connectivity index (χ4v) is 2.55. The van der Waals surface area contributed by atoms with Crippen molar-refractivity contribution in [1.82, 2.24) is 0 Å². The van der Waals surface area contributed by atoms with Crippen LogP contribution in [0.1, 0.15) is 10.4 Å². The van der Waals surface area contributed by atoms with E-state index < -0.39 is 0 Å². The van der Waals surface area contributed by atoms with Crippen molar-refractivity contribution in [2.45, 2.75) is 0 Å². The molecule has 3 rings (SSSR count). The van der Waals surface area contributed by atoms with Crippen molar-refractivity contribution in [2.75, 3.05) is 5.32 Å². The van der Waals surface area contributed by atoms with E-state index in [0.29, 0.717) is 5.56 Å². The Balaban J connectivity index is 1.78. The Morgan fingerprint density at radius 1 is 0.909 bits per heavy atom. The molecule has 0 aliphatic rings. The van der Waals surface area contributed by atoms with E-state index in [1.54, 1.807) is 12.3 Å². The van der Waals surface area contributed by atoms with Crippen molar-refractivity contribution >= 4 is 38.2 Å². The van der Waals surface area contributed by atoms with Gasteiger partial charge in [-0.2, -0.15) is 0 Å². The average Bonchev–Trinajstić information content (AvgIpc) is 2.56. The zero-order chi connectivity index (χ0) is 15.4. The van der Waals surface area contributed by atoms with Crippen molar-refractivity contribution in [1.29, 1.82) is 0 Å². The first-order chi connectivity index (χ1) is 10.7. The van der Waals surface area contributed by atoms with Gasteiger partial charge in [0.25, 0.3) is 0 Å². The summed E-state index contributed by atoms with van der Waals surface area (Å²) < 4.78 is 1.02. The van der Waals surface area contributed by atoms with Crippen molar-refractivity contribution in [3.8, 4) is 0 Å². The largest absolute Gasteiger partial charge is 0.362 e. The molecule has 0 atom stereocenters. The maximum atomic E-state index is 12.4. The SMILES string of the molecule is O=C(/C=C/Nc1ccc(Br)cc1)c1cccc2ccccc12. The number of hydrogen-bond donors (Lipinski definition) is 1. The molecule has 3 aromatic carbocycles. The molecule has 0 aromatic heterocycles. The smallest absolute Gasteiger partial charge is 0.187 e. The van der Waals surface area contributed by atoms with E-state index >= 15 is 0 Å². The van der Waals surface area contributed by atoms with Crippen molar-refractivity contribution in [3.63, 3.8) is 0 Å². The molecule has 0 spiro atoms. The number of benzene rings is 3. The van der Waals surface area contributed by atoms with Gasteiger partial charge in [-0.25, -0.2) is 0 Å². The molecule has 3 aromatic rings. The lowest BCUT2D eigenvalue weighted by Crippen LogP contribution is -1.97. The number of ketones is 1. The fraction of sp³-hybridized carbons (Fsp3) is 0. The van der Waals surface area contributed by atoms with Gasteiger partial charge in [0.1, 0.15) is 0 Å². The zero-order valence-corrected chi connectivity index (χ0v) is 13.4. The quantitative estimate of drug-likeness (QED) is 0.502. The summed E-state index contributed by atoms with van der Waals surface area (Å²) in [6.07, 6.45) is 3.23.